The number of ether oxygens (including phenoxy) is 1. The molecular formula is C22H22N2O2. The third kappa shape index (κ3) is 4.73. The van der Waals surface area contributed by atoms with Gasteiger partial charge in [0.25, 0.3) is 0 Å². The second-order valence-electron chi connectivity index (χ2n) is 6.31. The van der Waals surface area contributed by atoms with Gasteiger partial charge < -0.3 is 9.64 Å². The van der Waals surface area contributed by atoms with E-state index in [1.54, 1.807) is 30.3 Å². The molecule has 0 spiro atoms. The first-order chi connectivity index (χ1) is 12.8. The summed E-state index contributed by atoms with van der Waals surface area (Å²) >= 11 is 0. The predicted molar refractivity (Wildman–Crippen MR) is 103 cm³/mol. The second kappa shape index (κ2) is 8.87. The predicted octanol–water partition coefficient (Wildman–Crippen LogP) is 4.48. The first-order valence-corrected chi connectivity index (χ1v) is 8.93. The number of carbonyl (C=O) groups excluding carboxylic acids is 1. The Morgan fingerprint density at radius 1 is 1.04 bits per heavy atom. The number of benzene rings is 2. The van der Waals surface area contributed by atoms with Gasteiger partial charge >= 0.3 is 0 Å². The van der Waals surface area contributed by atoms with Crippen LogP contribution in [-0.2, 0) is 0 Å². The normalized spacial score (nSPS) is 14.2. The number of nitriles is 1. The molecule has 2 aromatic rings. The number of nitrogens with zero attached hydrogens (tertiary/aromatic N) is 2. The Kier molecular flexibility index (Phi) is 6.05. The average Bonchev–Trinajstić information content (AvgIpc) is 2.72. The Morgan fingerprint density at radius 3 is 2.38 bits per heavy atom. The highest BCUT2D eigenvalue weighted by Crippen LogP contribution is 2.21. The van der Waals surface area contributed by atoms with Crippen LogP contribution in [0.5, 0.6) is 5.75 Å². The number of piperidine rings is 1. The molecule has 1 aliphatic heterocycles. The van der Waals surface area contributed by atoms with Crippen molar-refractivity contribution in [2.75, 3.05) is 24.6 Å². The van der Waals surface area contributed by atoms with Crippen molar-refractivity contribution in [3.8, 4) is 11.8 Å². The fourth-order valence-electron chi connectivity index (χ4n) is 3.05. The summed E-state index contributed by atoms with van der Waals surface area (Å²) in [6.45, 7) is 2.25. The summed E-state index contributed by atoms with van der Waals surface area (Å²) in [6, 6.07) is 17.1. The van der Waals surface area contributed by atoms with Crippen LogP contribution in [0.25, 0.3) is 6.08 Å². The van der Waals surface area contributed by atoms with Crippen molar-refractivity contribution >= 4 is 17.5 Å². The monoisotopic (exact) mass is 346 g/mol. The van der Waals surface area contributed by atoms with E-state index in [0.29, 0.717) is 11.3 Å². The van der Waals surface area contributed by atoms with Crippen LogP contribution in [0.3, 0.4) is 0 Å². The SMILES string of the molecule is N#CCOc1ccc(C(=O)/C=C/c2ccc(N3CCCCC3)cc2)cc1. The molecule has 1 heterocycles. The van der Waals surface area contributed by atoms with Gasteiger partial charge in [-0.05, 0) is 67.3 Å². The summed E-state index contributed by atoms with van der Waals surface area (Å²) in [5.74, 6) is 0.525. The van der Waals surface area contributed by atoms with Crippen molar-refractivity contribution in [1.29, 1.82) is 5.26 Å². The smallest absolute Gasteiger partial charge is 0.185 e. The molecule has 0 saturated carbocycles. The van der Waals surface area contributed by atoms with Gasteiger partial charge in [-0.3, -0.25) is 4.79 Å². The molecule has 4 heteroatoms. The van der Waals surface area contributed by atoms with Crippen molar-refractivity contribution in [3.05, 3.63) is 65.7 Å². The molecular weight excluding hydrogens is 324 g/mol. The lowest BCUT2D eigenvalue weighted by Crippen LogP contribution is -2.29. The highest BCUT2D eigenvalue weighted by molar-refractivity contribution is 6.06. The molecule has 3 rings (SSSR count). The van der Waals surface area contributed by atoms with E-state index in [0.717, 1.165) is 18.7 Å². The quantitative estimate of drug-likeness (QED) is 0.572. The van der Waals surface area contributed by atoms with Gasteiger partial charge in [-0.2, -0.15) is 5.26 Å². The summed E-state index contributed by atoms with van der Waals surface area (Å²) in [5.41, 5.74) is 2.85. The fraction of sp³-hybridized carbons (Fsp3) is 0.273. The number of ketones is 1. The third-order valence-corrected chi connectivity index (χ3v) is 4.48. The van der Waals surface area contributed by atoms with E-state index in [-0.39, 0.29) is 12.4 Å². The van der Waals surface area contributed by atoms with Crippen LogP contribution in [0.4, 0.5) is 5.69 Å². The van der Waals surface area contributed by atoms with Crippen molar-refractivity contribution in [2.45, 2.75) is 19.3 Å². The lowest BCUT2D eigenvalue weighted by Gasteiger charge is -2.28. The average molecular weight is 346 g/mol. The Morgan fingerprint density at radius 2 is 1.73 bits per heavy atom. The molecule has 1 saturated heterocycles. The Balaban J connectivity index is 1.60. The minimum Gasteiger partial charge on any atom is -0.479 e. The van der Waals surface area contributed by atoms with Gasteiger partial charge in [0.2, 0.25) is 0 Å². The minimum atomic E-state index is -0.0584. The van der Waals surface area contributed by atoms with Crippen LogP contribution in [0, 0.1) is 11.3 Å². The Bertz CT molecular complexity index is 796. The zero-order valence-electron chi connectivity index (χ0n) is 14.7. The third-order valence-electron chi connectivity index (χ3n) is 4.48. The zero-order valence-corrected chi connectivity index (χ0v) is 14.7. The maximum absolute atomic E-state index is 12.3. The summed E-state index contributed by atoms with van der Waals surface area (Å²) < 4.78 is 5.19. The Labute approximate surface area is 154 Å². The molecule has 0 radical (unpaired) electrons. The molecule has 132 valence electrons. The summed E-state index contributed by atoms with van der Waals surface area (Å²) in [5, 5.41) is 8.50. The van der Waals surface area contributed by atoms with Crippen molar-refractivity contribution in [3.63, 3.8) is 0 Å². The van der Waals surface area contributed by atoms with Crippen LogP contribution in [0.15, 0.2) is 54.6 Å². The van der Waals surface area contributed by atoms with Crippen LogP contribution in [0.1, 0.15) is 35.2 Å². The molecule has 0 N–H and O–H groups in total. The van der Waals surface area contributed by atoms with Gasteiger partial charge in [0, 0.05) is 24.3 Å². The summed E-state index contributed by atoms with van der Waals surface area (Å²) in [7, 11) is 0. The molecule has 1 aliphatic rings. The van der Waals surface area contributed by atoms with Crippen LogP contribution < -0.4 is 9.64 Å². The Hall–Kier alpha value is -3.06. The van der Waals surface area contributed by atoms with E-state index >= 15 is 0 Å². The van der Waals surface area contributed by atoms with Crippen LogP contribution >= 0.6 is 0 Å². The molecule has 0 aliphatic carbocycles. The van der Waals surface area contributed by atoms with Crippen molar-refractivity contribution in [1.82, 2.24) is 0 Å². The first-order valence-electron chi connectivity index (χ1n) is 8.93. The van der Waals surface area contributed by atoms with E-state index in [1.807, 2.05) is 24.3 Å². The maximum Gasteiger partial charge on any atom is 0.185 e. The van der Waals surface area contributed by atoms with Gasteiger partial charge in [-0.1, -0.05) is 18.2 Å². The fourth-order valence-corrected chi connectivity index (χ4v) is 3.05. The molecule has 4 nitrogen and oxygen atoms in total. The topological polar surface area (TPSA) is 53.3 Å². The first kappa shape index (κ1) is 17.8. The molecule has 1 fully saturated rings. The highest BCUT2D eigenvalue weighted by atomic mass is 16.5. The van der Waals surface area contributed by atoms with Crippen molar-refractivity contribution in [2.24, 2.45) is 0 Å². The summed E-state index contributed by atoms with van der Waals surface area (Å²) in [6.07, 6.45) is 7.27. The number of rotatable bonds is 6. The number of carbonyl (C=O) groups is 1. The van der Waals surface area contributed by atoms with Crippen molar-refractivity contribution < 1.29 is 9.53 Å². The van der Waals surface area contributed by atoms with E-state index in [2.05, 4.69) is 17.0 Å². The van der Waals surface area contributed by atoms with Gasteiger partial charge in [-0.15, -0.1) is 0 Å². The van der Waals surface area contributed by atoms with E-state index < -0.39 is 0 Å². The second-order valence-corrected chi connectivity index (χ2v) is 6.31. The van der Waals surface area contributed by atoms with Gasteiger partial charge in [0.05, 0.1) is 0 Å². The van der Waals surface area contributed by atoms with Gasteiger partial charge in [-0.25, -0.2) is 0 Å². The van der Waals surface area contributed by atoms with Crippen LogP contribution in [0.2, 0.25) is 0 Å². The van der Waals surface area contributed by atoms with Gasteiger partial charge in [0.1, 0.15) is 11.8 Å². The zero-order chi connectivity index (χ0) is 18.2. The summed E-state index contributed by atoms with van der Waals surface area (Å²) in [4.78, 5) is 14.7. The molecule has 0 amide bonds. The molecule has 0 unspecified atom stereocenters. The maximum atomic E-state index is 12.3. The molecule has 2 aromatic carbocycles. The molecule has 0 aromatic heterocycles. The number of hydrogen-bond donors (Lipinski definition) is 0. The number of anilines is 1. The van der Waals surface area contributed by atoms with E-state index in [9.17, 15) is 4.79 Å². The molecule has 0 bridgehead atoms. The largest absolute Gasteiger partial charge is 0.479 e. The highest BCUT2D eigenvalue weighted by Gasteiger charge is 2.10. The van der Waals surface area contributed by atoms with Crippen LogP contribution in [-0.4, -0.2) is 25.5 Å². The molecule has 0 atom stereocenters. The van der Waals surface area contributed by atoms with E-state index in [4.69, 9.17) is 10.00 Å². The standard InChI is InChI=1S/C22H22N2O2/c23-14-17-26-21-11-7-19(8-12-21)22(25)13-6-18-4-9-20(10-5-18)24-15-2-1-3-16-24/h4-13H,1-3,15-17H2/b13-6+. The minimum absolute atomic E-state index is 0.000615. The number of allylic oxidation sites excluding steroid dienone is 1. The lowest BCUT2D eigenvalue weighted by atomic mass is 10.1. The van der Waals surface area contributed by atoms with E-state index in [1.165, 1.54) is 24.9 Å². The van der Waals surface area contributed by atoms with Gasteiger partial charge in [0.15, 0.2) is 12.4 Å². The number of hydrogen-bond acceptors (Lipinski definition) is 4. The lowest BCUT2D eigenvalue weighted by molar-refractivity contribution is 0.104. The molecule has 26 heavy (non-hydrogen) atoms.